The fourth-order valence-electron chi connectivity index (χ4n) is 8.43. The summed E-state index contributed by atoms with van der Waals surface area (Å²) in [6.07, 6.45) is 13.0. The van der Waals surface area contributed by atoms with Crippen LogP contribution in [0.5, 0.6) is 23.0 Å². The number of Topliss-reactive ketones (excluding diaryl/α,β-unsaturated/α-hetero) is 1. The van der Waals surface area contributed by atoms with Crippen LogP contribution in [0.1, 0.15) is 65.0 Å². The van der Waals surface area contributed by atoms with Gasteiger partial charge in [-0.1, -0.05) is 67.6 Å². The number of ether oxygens (including phenoxy) is 2. The number of carbonyl (C=O) groups excluding carboxylic acids is 1. The van der Waals surface area contributed by atoms with Gasteiger partial charge in [-0.15, -0.1) is 4.99 Å². The van der Waals surface area contributed by atoms with Gasteiger partial charge in [-0.25, -0.2) is 0 Å². The molecule has 8 nitrogen and oxygen atoms in total. The summed E-state index contributed by atoms with van der Waals surface area (Å²) in [5.74, 6) is -0.534. The van der Waals surface area contributed by atoms with Crippen molar-refractivity contribution in [2.24, 2.45) is 16.8 Å². The van der Waals surface area contributed by atoms with Crippen LogP contribution in [0.15, 0.2) is 114 Å². The third-order valence-electron chi connectivity index (χ3n) is 11.1. The van der Waals surface area contributed by atoms with E-state index >= 15 is 0 Å². The van der Waals surface area contributed by atoms with Crippen molar-refractivity contribution in [3.63, 3.8) is 0 Å². The molecular weight excluding hydrogens is 677 g/mol. The number of H-pyrrole nitrogens is 1. The number of aryl methyl sites for hydroxylation is 1. The van der Waals surface area contributed by atoms with Gasteiger partial charge in [0.15, 0.2) is 29.2 Å². The van der Waals surface area contributed by atoms with E-state index in [4.69, 9.17) is 9.47 Å². The molecular formula is C46H47N2O6+. The van der Waals surface area contributed by atoms with E-state index in [9.17, 15) is 20.1 Å². The number of methoxy groups -OCH3 is 2. The zero-order chi connectivity index (χ0) is 37.8. The third kappa shape index (κ3) is 7.39. The Labute approximate surface area is 316 Å². The molecule has 0 spiro atoms. The van der Waals surface area contributed by atoms with Gasteiger partial charge in [0.2, 0.25) is 0 Å². The van der Waals surface area contributed by atoms with Gasteiger partial charge >= 0.3 is 0 Å². The first-order valence-corrected chi connectivity index (χ1v) is 18.6. The Bertz CT molecular complexity index is 2220. The second-order valence-electron chi connectivity index (χ2n) is 14.3. The number of nitrogens with one attached hydrogen (secondary N) is 1. The maximum absolute atomic E-state index is 14.4. The SMILES string of the molecule is CCc1ccc2ccccc2c1C1C=CC(C(Cc2cc[nH]c2)C(O)CC(=O)C(CC2=C[CH+]N=C2)Cc2ccc(O)c(OC)c2)c2ccc(O)c(OC)c21. The number of aliphatic hydroxyl groups excluding tert-OH is 1. The summed E-state index contributed by atoms with van der Waals surface area (Å²) >= 11 is 0. The molecule has 7 rings (SSSR count). The van der Waals surface area contributed by atoms with E-state index in [1.165, 1.54) is 18.2 Å². The van der Waals surface area contributed by atoms with Gasteiger partial charge in [-0.05, 0) is 88.0 Å². The van der Waals surface area contributed by atoms with Crippen molar-refractivity contribution in [1.82, 2.24) is 4.98 Å². The first-order valence-electron chi connectivity index (χ1n) is 18.6. The van der Waals surface area contributed by atoms with Crippen LogP contribution in [0, 0.1) is 18.4 Å². The summed E-state index contributed by atoms with van der Waals surface area (Å²) in [4.78, 5) is 21.7. The lowest BCUT2D eigenvalue weighted by Crippen LogP contribution is -2.34. The Kier molecular flexibility index (Phi) is 10.9. The van der Waals surface area contributed by atoms with Gasteiger partial charge in [0.25, 0.3) is 0 Å². The number of phenolic OH excluding ortho intramolecular Hbond substituents is 2. The predicted molar refractivity (Wildman–Crippen MR) is 213 cm³/mol. The van der Waals surface area contributed by atoms with E-state index < -0.39 is 12.0 Å². The zero-order valence-electron chi connectivity index (χ0n) is 30.9. The number of aromatic hydroxyl groups is 2. The lowest BCUT2D eigenvalue weighted by molar-refractivity contribution is -0.125. The van der Waals surface area contributed by atoms with Crippen LogP contribution in [0.25, 0.3) is 10.8 Å². The number of benzene rings is 4. The summed E-state index contributed by atoms with van der Waals surface area (Å²) in [6.45, 7) is 3.87. The Hall–Kier alpha value is -5.73. The van der Waals surface area contributed by atoms with Crippen LogP contribution in [0.4, 0.5) is 0 Å². The molecule has 4 aromatic carbocycles. The van der Waals surface area contributed by atoms with E-state index in [1.54, 1.807) is 44.1 Å². The number of fused-ring (bicyclic) bond motifs is 2. The highest BCUT2D eigenvalue weighted by molar-refractivity contribution is 5.89. The molecule has 2 heterocycles. The van der Waals surface area contributed by atoms with Crippen molar-refractivity contribution in [2.45, 2.75) is 57.0 Å². The normalized spacial score (nSPS) is 17.7. The molecule has 54 heavy (non-hydrogen) atoms. The molecule has 5 aromatic rings. The number of ketones is 1. The monoisotopic (exact) mass is 723 g/mol. The van der Waals surface area contributed by atoms with Gasteiger partial charge in [-0.2, -0.15) is 0 Å². The van der Waals surface area contributed by atoms with Crippen LogP contribution < -0.4 is 9.47 Å². The Morgan fingerprint density at radius 2 is 1.74 bits per heavy atom. The average Bonchev–Trinajstić information content (AvgIpc) is 3.91. The van der Waals surface area contributed by atoms with Crippen LogP contribution in [0.3, 0.4) is 0 Å². The largest absolute Gasteiger partial charge is 0.504 e. The zero-order valence-corrected chi connectivity index (χ0v) is 30.9. The van der Waals surface area contributed by atoms with Gasteiger partial charge in [-0.3, -0.25) is 4.79 Å². The molecule has 5 unspecified atom stereocenters. The van der Waals surface area contributed by atoms with Crippen LogP contribution >= 0.6 is 0 Å². The molecule has 1 aliphatic carbocycles. The number of allylic oxidation sites excluding steroid dienone is 3. The number of aromatic amines is 1. The standard InChI is InChI=1S/C46H46N2O6/c1-4-31-10-11-32-7-5-6-8-34(32)44(31)37-13-12-35(36-14-16-40(50)46(54-3)45(36)37)38(23-30-18-20-48-27-30)42(52)25-41(51)33(22-29-17-19-47-26-29)21-28-9-15-39(49)43(24-28)53-2/h5-20,24,26-27,33,35,37-38,42,48,52H,4,21-23,25H2,1-3H3,(H-,49,50)/p+1. The maximum Gasteiger partial charge on any atom is 0.176 e. The number of hydrogen-bond acceptors (Lipinski definition) is 7. The van der Waals surface area contributed by atoms with Gasteiger partial charge in [0.1, 0.15) is 17.9 Å². The summed E-state index contributed by atoms with van der Waals surface area (Å²) in [7, 11) is 3.08. The lowest BCUT2D eigenvalue weighted by atomic mass is 9.69. The molecule has 0 amide bonds. The number of aliphatic imine (C=N–C) groups is 1. The first-order chi connectivity index (χ1) is 26.3. The summed E-state index contributed by atoms with van der Waals surface area (Å²) < 4.78 is 11.3. The van der Waals surface area contributed by atoms with Crippen LogP contribution in [-0.4, -0.2) is 52.6 Å². The number of aliphatic hydroxyl groups is 1. The fourth-order valence-corrected chi connectivity index (χ4v) is 8.43. The minimum Gasteiger partial charge on any atom is -0.504 e. The molecule has 0 saturated heterocycles. The number of aromatic nitrogens is 1. The highest BCUT2D eigenvalue weighted by atomic mass is 16.5. The number of rotatable bonds is 15. The average molecular weight is 724 g/mol. The van der Waals surface area contributed by atoms with Gasteiger partial charge in [0.05, 0.1) is 26.4 Å². The molecule has 0 fully saturated rings. The van der Waals surface area contributed by atoms with Crippen LogP contribution in [0.2, 0.25) is 0 Å². The molecule has 0 bridgehead atoms. The Morgan fingerprint density at radius 3 is 2.48 bits per heavy atom. The summed E-state index contributed by atoms with van der Waals surface area (Å²) in [5, 5.41) is 36.0. The highest BCUT2D eigenvalue weighted by Crippen LogP contribution is 2.51. The molecule has 2 aliphatic rings. The van der Waals surface area contributed by atoms with Crippen molar-refractivity contribution >= 4 is 22.8 Å². The van der Waals surface area contributed by atoms with E-state index in [1.807, 2.05) is 36.7 Å². The number of phenols is 2. The van der Waals surface area contributed by atoms with Gasteiger partial charge < -0.3 is 29.8 Å². The summed E-state index contributed by atoms with van der Waals surface area (Å²) in [6, 6.07) is 23.5. The Morgan fingerprint density at radius 1 is 0.907 bits per heavy atom. The van der Waals surface area contributed by atoms with E-state index in [2.05, 4.69) is 59.4 Å². The molecule has 0 radical (unpaired) electrons. The van der Waals surface area contributed by atoms with Crippen LogP contribution in [-0.2, 0) is 24.1 Å². The smallest absolute Gasteiger partial charge is 0.176 e. The number of hydrogen-bond donors (Lipinski definition) is 4. The van der Waals surface area contributed by atoms with E-state index in [0.717, 1.165) is 45.0 Å². The topological polar surface area (TPSA) is 124 Å². The quantitative estimate of drug-likeness (QED) is 0.0634. The minimum absolute atomic E-state index is 0.0340. The third-order valence-corrected chi connectivity index (χ3v) is 11.1. The van der Waals surface area contributed by atoms with Crippen molar-refractivity contribution < 1.29 is 29.6 Å². The summed E-state index contributed by atoms with van der Waals surface area (Å²) in [5.41, 5.74) is 7.02. The second-order valence-corrected chi connectivity index (χ2v) is 14.3. The molecule has 4 N–H and O–H groups in total. The van der Waals surface area contributed by atoms with E-state index in [-0.39, 0.29) is 41.5 Å². The highest BCUT2D eigenvalue weighted by Gasteiger charge is 2.38. The lowest BCUT2D eigenvalue weighted by Gasteiger charge is -2.36. The molecule has 8 heteroatoms. The fraction of sp³-hybridized carbons (Fsp3) is 0.283. The molecule has 5 atom stereocenters. The van der Waals surface area contributed by atoms with E-state index in [0.29, 0.717) is 30.8 Å². The number of carbonyl (C=O) groups is 1. The predicted octanol–water partition coefficient (Wildman–Crippen LogP) is 8.54. The molecule has 1 aromatic heterocycles. The van der Waals surface area contributed by atoms with Gasteiger partial charge in [0, 0.05) is 48.6 Å². The molecule has 276 valence electrons. The van der Waals surface area contributed by atoms with Crippen molar-refractivity contribution in [3.05, 3.63) is 149 Å². The molecule has 0 saturated carbocycles. The van der Waals surface area contributed by atoms with Crippen molar-refractivity contribution in [3.8, 4) is 23.0 Å². The van der Waals surface area contributed by atoms with Crippen molar-refractivity contribution in [2.75, 3.05) is 14.2 Å². The molecule has 1 aliphatic heterocycles. The second kappa shape index (κ2) is 16.1. The van der Waals surface area contributed by atoms with Crippen molar-refractivity contribution in [1.29, 1.82) is 0 Å². The number of nitrogens with zero attached hydrogens (tertiary/aromatic N) is 1. The first kappa shape index (κ1) is 36.6. The Balaban J connectivity index is 1.27. The maximum atomic E-state index is 14.4. The minimum atomic E-state index is -0.996.